The van der Waals surface area contributed by atoms with E-state index in [9.17, 15) is 0 Å². The third kappa shape index (κ3) is 5.31. The first-order valence-corrected chi connectivity index (χ1v) is 6.72. The highest BCUT2D eigenvalue weighted by atomic mass is 16.5. The summed E-state index contributed by atoms with van der Waals surface area (Å²) >= 11 is 0. The Labute approximate surface area is 110 Å². The van der Waals surface area contributed by atoms with Gasteiger partial charge in [-0.05, 0) is 19.5 Å². The van der Waals surface area contributed by atoms with Crippen molar-refractivity contribution in [2.24, 2.45) is 0 Å². The summed E-state index contributed by atoms with van der Waals surface area (Å²) < 4.78 is 5.63. The molecule has 1 rings (SSSR count). The second-order valence-corrected chi connectivity index (χ2v) is 4.02. The van der Waals surface area contributed by atoms with Gasteiger partial charge in [0.25, 0.3) is 0 Å². The topological polar surface area (TPSA) is 50.3 Å². The molecule has 0 fully saturated rings. The van der Waals surface area contributed by atoms with Crippen molar-refractivity contribution in [3.05, 3.63) is 12.3 Å². The Morgan fingerprint density at radius 2 is 2.06 bits per heavy atom. The second-order valence-electron chi connectivity index (χ2n) is 4.02. The number of aromatic nitrogens is 2. The van der Waals surface area contributed by atoms with Gasteiger partial charge in [-0.3, -0.25) is 0 Å². The molecule has 1 aromatic heterocycles. The van der Waals surface area contributed by atoms with Gasteiger partial charge >= 0.3 is 0 Å². The molecule has 102 valence electrons. The summed E-state index contributed by atoms with van der Waals surface area (Å²) in [6.45, 7) is 11.0. The molecule has 0 amide bonds. The van der Waals surface area contributed by atoms with Crippen molar-refractivity contribution in [1.82, 2.24) is 14.9 Å². The highest BCUT2D eigenvalue weighted by Gasteiger charge is 2.02. The summed E-state index contributed by atoms with van der Waals surface area (Å²) in [4.78, 5) is 10.8. The molecule has 18 heavy (non-hydrogen) atoms. The minimum atomic E-state index is 0.635. The lowest BCUT2D eigenvalue weighted by Crippen LogP contribution is -2.28. The molecule has 0 aliphatic rings. The third-order valence-electron chi connectivity index (χ3n) is 2.72. The van der Waals surface area contributed by atoms with Gasteiger partial charge in [0.05, 0.1) is 0 Å². The standard InChI is InChI=1S/C13H24N4O/c1-4-8-14-13-15-9-7-12(16-13)18-11-10-17(5-2)6-3/h7,9H,4-6,8,10-11H2,1-3H3,(H,14,15,16). The molecular formula is C13H24N4O. The number of nitrogens with one attached hydrogen (secondary N) is 1. The predicted octanol–water partition coefficient (Wildman–Crippen LogP) is 2.02. The Hall–Kier alpha value is -1.36. The molecule has 0 unspecified atom stereocenters. The quantitative estimate of drug-likeness (QED) is 0.728. The number of ether oxygens (including phenoxy) is 1. The average Bonchev–Trinajstić information content (AvgIpc) is 2.42. The maximum atomic E-state index is 5.63. The molecule has 0 aromatic carbocycles. The lowest BCUT2D eigenvalue weighted by Gasteiger charge is -2.17. The van der Waals surface area contributed by atoms with Crippen LogP contribution in [-0.2, 0) is 0 Å². The van der Waals surface area contributed by atoms with Crippen molar-refractivity contribution < 1.29 is 4.74 Å². The smallest absolute Gasteiger partial charge is 0.225 e. The maximum Gasteiger partial charge on any atom is 0.225 e. The van der Waals surface area contributed by atoms with E-state index in [1.54, 1.807) is 12.3 Å². The van der Waals surface area contributed by atoms with Crippen molar-refractivity contribution in [2.75, 3.05) is 38.1 Å². The van der Waals surface area contributed by atoms with Gasteiger partial charge in [0.15, 0.2) is 0 Å². The Balaban J connectivity index is 2.37. The van der Waals surface area contributed by atoms with Crippen LogP contribution in [0.2, 0.25) is 0 Å². The van der Waals surface area contributed by atoms with Crippen LogP contribution in [0.15, 0.2) is 12.3 Å². The Bertz CT molecular complexity index is 329. The van der Waals surface area contributed by atoms with Crippen molar-refractivity contribution in [3.8, 4) is 5.88 Å². The first kappa shape index (κ1) is 14.7. The van der Waals surface area contributed by atoms with Crippen LogP contribution < -0.4 is 10.1 Å². The first-order chi connectivity index (χ1) is 8.80. The van der Waals surface area contributed by atoms with Crippen LogP contribution in [0.4, 0.5) is 5.95 Å². The number of hydrogen-bond donors (Lipinski definition) is 1. The van der Waals surface area contributed by atoms with Crippen LogP contribution in [0.25, 0.3) is 0 Å². The first-order valence-electron chi connectivity index (χ1n) is 6.72. The molecule has 0 atom stereocenters. The zero-order chi connectivity index (χ0) is 13.2. The molecule has 1 aromatic rings. The zero-order valence-corrected chi connectivity index (χ0v) is 11.6. The van der Waals surface area contributed by atoms with Gasteiger partial charge in [0, 0.05) is 25.4 Å². The summed E-state index contributed by atoms with van der Waals surface area (Å²) in [5, 5.41) is 3.14. The molecule has 5 nitrogen and oxygen atoms in total. The van der Waals surface area contributed by atoms with Crippen LogP contribution in [0, 0.1) is 0 Å². The normalized spacial score (nSPS) is 10.7. The van der Waals surface area contributed by atoms with Gasteiger partial charge in [-0.1, -0.05) is 20.8 Å². The van der Waals surface area contributed by atoms with E-state index in [4.69, 9.17) is 4.74 Å². The van der Waals surface area contributed by atoms with E-state index in [1.165, 1.54) is 0 Å². The van der Waals surface area contributed by atoms with Gasteiger partial charge in [-0.25, -0.2) is 4.98 Å². The predicted molar refractivity (Wildman–Crippen MR) is 74.1 cm³/mol. The molecule has 1 heterocycles. The minimum absolute atomic E-state index is 0.635. The molecule has 0 aliphatic heterocycles. The fourth-order valence-corrected chi connectivity index (χ4v) is 1.56. The Kier molecular flexibility index (Phi) is 7.10. The highest BCUT2D eigenvalue weighted by Crippen LogP contribution is 2.08. The van der Waals surface area contributed by atoms with E-state index in [1.807, 2.05) is 0 Å². The summed E-state index contributed by atoms with van der Waals surface area (Å²) in [7, 11) is 0. The van der Waals surface area contributed by atoms with Crippen molar-refractivity contribution in [1.29, 1.82) is 0 Å². The molecule has 0 saturated heterocycles. The number of likely N-dealkylation sites (N-methyl/N-ethyl adjacent to an activating group) is 1. The fraction of sp³-hybridized carbons (Fsp3) is 0.692. The number of nitrogens with zero attached hydrogens (tertiary/aromatic N) is 3. The van der Waals surface area contributed by atoms with Gasteiger partial charge in [-0.15, -0.1) is 0 Å². The van der Waals surface area contributed by atoms with Gasteiger partial charge in [-0.2, -0.15) is 4.98 Å². The summed E-state index contributed by atoms with van der Waals surface area (Å²) in [6.07, 6.45) is 2.77. The minimum Gasteiger partial charge on any atom is -0.476 e. The lowest BCUT2D eigenvalue weighted by molar-refractivity contribution is 0.218. The van der Waals surface area contributed by atoms with Gasteiger partial charge in [0.2, 0.25) is 11.8 Å². The van der Waals surface area contributed by atoms with Crippen molar-refractivity contribution in [3.63, 3.8) is 0 Å². The Morgan fingerprint density at radius 1 is 1.28 bits per heavy atom. The van der Waals surface area contributed by atoms with E-state index in [-0.39, 0.29) is 0 Å². The summed E-state index contributed by atoms with van der Waals surface area (Å²) in [5.74, 6) is 1.27. The number of anilines is 1. The van der Waals surface area contributed by atoms with Crippen LogP contribution in [-0.4, -0.2) is 47.7 Å². The van der Waals surface area contributed by atoms with Crippen LogP contribution >= 0.6 is 0 Å². The monoisotopic (exact) mass is 252 g/mol. The molecule has 5 heteroatoms. The third-order valence-corrected chi connectivity index (χ3v) is 2.72. The van der Waals surface area contributed by atoms with E-state index in [0.717, 1.165) is 32.6 Å². The zero-order valence-electron chi connectivity index (χ0n) is 11.6. The lowest BCUT2D eigenvalue weighted by atomic mass is 10.5. The molecule has 0 bridgehead atoms. The van der Waals surface area contributed by atoms with E-state index in [0.29, 0.717) is 18.4 Å². The summed E-state index contributed by atoms with van der Waals surface area (Å²) in [5.41, 5.74) is 0. The van der Waals surface area contributed by atoms with Crippen molar-refractivity contribution in [2.45, 2.75) is 27.2 Å². The number of hydrogen-bond acceptors (Lipinski definition) is 5. The molecular weight excluding hydrogens is 228 g/mol. The highest BCUT2D eigenvalue weighted by molar-refractivity contribution is 5.27. The van der Waals surface area contributed by atoms with Crippen molar-refractivity contribution >= 4 is 5.95 Å². The van der Waals surface area contributed by atoms with Gasteiger partial charge < -0.3 is 15.0 Å². The molecule has 1 N–H and O–H groups in total. The molecule has 0 radical (unpaired) electrons. The molecule has 0 saturated carbocycles. The number of rotatable bonds is 9. The molecule has 0 spiro atoms. The fourth-order valence-electron chi connectivity index (χ4n) is 1.56. The van der Waals surface area contributed by atoms with Crippen LogP contribution in [0.1, 0.15) is 27.2 Å². The van der Waals surface area contributed by atoms with Crippen LogP contribution in [0.5, 0.6) is 5.88 Å². The van der Waals surface area contributed by atoms with E-state index in [2.05, 4.69) is 41.0 Å². The van der Waals surface area contributed by atoms with E-state index >= 15 is 0 Å². The largest absolute Gasteiger partial charge is 0.476 e. The maximum absolute atomic E-state index is 5.63. The Morgan fingerprint density at radius 3 is 2.72 bits per heavy atom. The SMILES string of the molecule is CCCNc1nccc(OCCN(CC)CC)n1. The summed E-state index contributed by atoms with van der Waals surface area (Å²) in [6, 6.07) is 1.79. The molecule has 0 aliphatic carbocycles. The second kappa shape index (κ2) is 8.69. The average molecular weight is 252 g/mol. The van der Waals surface area contributed by atoms with Crippen LogP contribution in [0.3, 0.4) is 0 Å². The van der Waals surface area contributed by atoms with Gasteiger partial charge in [0.1, 0.15) is 6.61 Å². The van der Waals surface area contributed by atoms with E-state index < -0.39 is 0 Å².